The van der Waals surface area contributed by atoms with E-state index in [1.54, 1.807) is 23.1 Å². The van der Waals surface area contributed by atoms with Crippen molar-refractivity contribution in [3.05, 3.63) is 59.8 Å². The minimum absolute atomic E-state index is 0.224. The predicted octanol–water partition coefficient (Wildman–Crippen LogP) is 1.83. The van der Waals surface area contributed by atoms with Gasteiger partial charge in [0.15, 0.2) is 11.5 Å². The molecule has 9 heteroatoms. The lowest BCUT2D eigenvalue weighted by Gasteiger charge is -2.40. The summed E-state index contributed by atoms with van der Waals surface area (Å²) < 4.78 is 1.73. The minimum atomic E-state index is 0.224. The van der Waals surface area contributed by atoms with Gasteiger partial charge >= 0.3 is 0 Å². The highest BCUT2D eigenvalue weighted by molar-refractivity contribution is 5.50. The quantitative estimate of drug-likeness (QED) is 0.658. The van der Waals surface area contributed by atoms with Crippen molar-refractivity contribution in [3.8, 4) is 17.8 Å². The Bertz CT molecular complexity index is 1160. The molecule has 2 aromatic heterocycles. The maximum atomic E-state index is 9.33. The van der Waals surface area contributed by atoms with Crippen molar-refractivity contribution in [3.63, 3.8) is 0 Å². The molecule has 0 unspecified atom stereocenters. The third kappa shape index (κ3) is 3.15. The zero-order valence-corrected chi connectivity index (χ0v) is 16.3. The molecule has 3 aromatic rings. The fourth-order valence-electron chi connectivity index (χ4n) is 4.48. The van der Waals surface area contributed by atoms with E-state index in [0.717, 1.165) is 43.9 Å². The van der Waals surface area contributed by atoms with Crippen LogP contribution in [0, 0.1) is 22.7 Å². The average molecular weight is 397 g/mol. The minimum Gasteiger partial charge on any atom is -0.351 e. The van der Waals surface area contributed by atoms with Crippen molar-refractivity contribution < 1.29 is 0 Å². The van der Waals surface area contributed by atoms with Crippen LogP contribution in [0.2, 0.25) is 0 Å². The average Bonchev–Trinajstić information content (AvgIpc) is 3.45. The number of piperazine rings is 1. The molecule has 30 heavy (non-hydrogen) atoms. The molecule has 0 bridgehead atoms. The summed E-state index contributed by atoms with van der Waals surface area (Å²) >= 11 is 0. The zero-order valence-electron chi connectivity index (χ0n) is 16.3. The Balaban J connectivity index is 1.33. The Morgan fingerprint density at radius 1 is 1.03 bits per heavy atom. The molecule has 2 aliphatic rings. The molecular formula is C21H19N9. The summed E-state index contributed by atoms with van der Waals surface area (Å²) in [5, 5.41) is 27.2. The highest BCUT2D eigenvalue weighted by atomic mass is 15.4. The first-order chi connectivity index (χ1) is 14.8. The third-order valence-electron chi connectivity index (χ3n) is 5.88. The molecule has 0 spiro atoms. The van der Waals surface area contributed by atoms with Gasteiger partial charge in [0.1, 0.15) is 11.8 Å². The van der Waals surface area contributed by atoms with E-state index in [1.165, 1.54) is 0 Å². The van der Waals surface area contributed by atoms with Gasteiger partial charge in [-0.3, -0.25) is 4.90 Å². The second-order valence-corrected chi connectivity index (χ2v) is 7.52. The van der Waals surface area contributed by atoms with Gasteiger partial charge in [-0.15, -0.1) is 5.10 Å². The van der Waals surface area contributed by atoms with E-state index >= 15 is 0 Å². The Kier molecular flexibility index (Phi) is 4.58. The van der Waals surface area contributed by atoms with Crippen molar-refractivity contribution in [1.29, 1.82) is 10.5 Å². The summed E-state index contributed by atoms with van der Waals surface area (Å²) in [6.07, 6.45) is 7.23. The van der Waals surface area contributed by atoms with Gasteiger partial charge in [0.25, 0.3) is 0 Å². The van der Waals surface area contributed by atoms with E-state index in [9.17, 15) is 5.26 Å². The molecular weight excluding hydrogens is 378 g/mol. The van der Waals surface area contributed by atoms with Crippen LogP contribution in [0.25, 0.3) is 5.69 Å². The smallest absolute Gasteiger partial charge is 0.183 e. The first kappa shape index (κ1) is 18.2. The highest BCUT2D eigenvalue weighted by Crippen LogP contribution is 2.38. The molecule has 0 aliphatic carbocycles. The number of hydrogen-bond donors (Lipinski definition) is 0. The number of fused-ring (bicyclic) bond motifs is 1. The molecule has 2 aliphatic heterocycles. The third-order valence-corrected chi connectivity index (χ3v) is 5.88. The maximum Gasteiger partial charge on any atom is 0.183 e. The van der Waals surface area contributed by atoms with Gasteiger partial charge in [-0.2, -0.15) is 10.5 Å². The number of hydrogen-bond acceptors (Lipinski definition) is 8. The predicted molar refractivity (Wildman–Crippen MR) is 108 cm³/mol. The number of aromatic nitrogens is 5. The summed E-state index contributed by atoms with van der Waals surface area (Å²) in [6, 6.07) is 12.3. The molecule has 148 valence electrons. The Labute approximate surface area is 173 Å². The van der Waals surface area contributed by atoms with Crippen molar-refractivity contribution in [2.24, 2.45) is 0 Å². The van der Waals surface area contributed by atoms with Crippen LogP contribution in [0.3, 0.4) is 0 Å². The van der Waals surface area contributed by atoms with Crippen molar-refractivity contribution in [2.75, 3.05) is 24.5 Å². The van der Waals surface area contributed by atoms with E-state index < -0.39 is 0 Å². The van der Waals surface area contributed by atoms with Crippen LogP contribution < -0.4 is 4.90 Å². The molecule has 9 nitrogen and oxygen atoms in total. The zero-order chi connectivity index (χ0) is 20.5. The monoisotopic (exact) mass is 397 g/mol. The van der Waals surface area contributed by atoms with Crippen LogP contribution in [0.4, 0.5) is 5.82 Å². The Morgan fingerprint density at radius 2 is 1.93 bits per heavy atom. The van der Waals surface area contributed by atoms with Crippen molar-refractivity contribution >= 4 is 5.82 Å². The van der Waals surface area contributed by atoms with Crippen LogP contribution in [-0.2, 0) is 0 Å². The molecule has 5 rings (SSSR count). The second-order valence-electron chi connectivity index (χ2n) is 7.52. The van der Waals surface area contributed by atoms with Crippen LogP contribution in [-0.4, -0.2) is 55.5 Å². The molecule has 0 N–H and O–H groups in total. The largest absolute Gasteiger partial charge is 0.351 e. The topological polar surface area (TPSA) is 111 Å². The Morgan fingerprint density at radius 3 is 2.80 bits per heavy atom. The maximum absolute atomic E-state index is 9.33. The number of rotatable bonds is 3. The first-order valence-electron chi connectivity index (χ1n) is 9.91. The lowest BCUT2D eigenvalue weighted by atomic mass is 10.1. The second kappa shape index (κ2) is 7.54. The fraction of sp³-hybridized carbons (Fsp3) is 0.333. The summed E-state index contributed by atoms with van der Waals surface area (Å²) in [7, 11) is 0. The summed E-state index contributed by atoms with van der Waals surface area (Å²) in [5.41, 5.74) is 2.76. The lowest BCUT2D eigenvalue weighted by Crippen LogP contribution is -2.51. The normalized spacial score (nSPS) is 21.1. The van der Waals surface area contributed by atoms with E-state index in [2.05, 4.69) is 42.2 Å². The van der Waals surface area contributed by atoms with E-state index in [0.29, 0.717) is 23.1 Å². The van der Waals surface area contributed by atoms with Gasteiger partial charge in [0, 0.05) is 38.1 Å². The van der Waals surface area contributed by atoms with E-state index in [1.807, 2.05) is 24.4 Å². The van der Waals surface area contributed by atoms with Gasteiger partial charge in [-0.05, 0) is 31.0 Å². The van der Waals surface area contributed by atoms with Crippen molar-refractivity contribution in [1.82, 2.24) is 29.9 Å². The SMILES string of the molecule is N#Cc1cccc(-n2cc([C@H]3CC[C@H]4CN(c5nccnc5C#N)CCN43)nn2)c1. The standard InChI is InChI=1S/C21H19N9/c22-11-15-2-1-3-16(10-15)30-14-19(26-27-30)20-5-4-17-13-28(8-9-29(17)20)21-18(12-23)24-6-7-25-21/h1-3,6-7,10,14,17,20H,4-5,8-9,13H2/t17-,20+/m0/s1. The fourth-order valence-corrected chi connectivity index (χ4v) is 4.48. The summed E-state index contributed by atoms with van der Waals surface area (Å²) in [5.74, 6) is 0.673. The van der Waals surface area contributed by atoms with Crippen LogP contribution in [0.15, 0.2) is 42.9 Å². The van der Waals surface area contributed by atoms with Crippen LogP contribution in [0.1, 0.15) is 35.8 Å². The molecule has 1 aromatic carbocycles. The molecule has 2 saturated heterocycles. The van der Waals surface area contributed by atoms with E-state index in [-0.39, 0.29) is 6.04 Å². The van der Waals surface area contributed by atoms with Crippen LogP contribution >= 0.6 is 0 Å². The number of nitrogens with zero attached hydrogens (tertiary/aromatic N) is 9. The molecule has 4 heterocycles. The highest BCUT2D eigenvalue weighted by Gasteiger charge is 2.40. The van der Waals surface area contributed by atoms with Gasteiger partial charge in [0.2, 0.25) is 0 Å². The molecule has 2 fully saturated rings. The number of nitriles is 2. The molecule has 2 atom stereocenters. The Hall–Kier alpha value is -3.82. The van der Waals surface area contributed by atoms with Gasteiger partial charge < -0.3 is 4.90 Å². The molecule has 0 amide bonds. The van der Waals surface area contributed by atoms with Crippen molar-refractivity contribution in [2.45, 2.75) is 24.9 Å². The molecule has 0 radical (unpaired) electrons. The first-order valence-corrected chi connectivity index (χ1v) is 9.91. The lowest BCUT2D eigenvalue weighted by molar-refractivity contribution is 0.173. The van der Waals surface area contributed by atoms with E-state index in [4.69, 9.17) is 5.26 Å². The summed E-state index contributed by atoms with van der Waals surface area (Å²) in [4.78, 5) is 13.2. The van der Waals surface area contributed by atoms with Gasteiger partial charge in [-0.25, -0.2) is 14.6 Å². The number of benzene rings is 1. The van der Waals surface area contributed by atoms with Gasteiger partial charge in [-0.1, -0.05) is 11.3 Å². The van der Waals surface area contributed by atoms with Gasteiger partial charge in [0.05, 0.1) is 29.6 Å². The summed E-state index contributed by atoms with van der Waals surface area (Å²) in [6.45, 7) is 2.48. The molecule has 0 saturated carbocycles. The number of anilines is 1. The van der Waals surface area contributed by atoms with Crippen LogP contribution in [0.5, 0.6) is 0 Å².